The quantitative estimate of drug-likeness (QED) is 0.546. The lowest BCUT2D eigenvalue weighted by atomic mass is 10.0. The van der Waals surface area contributed by atoms with E-state index in [1.165, 1.54) is 25.3 Å². The molecule has 0 aliphatic rings. The second kappa shape index (κ2) is 5.51. The molecule has 0 amide bonds. The zero-order chi connectivity index (χ0) is 13.0. The highest BCUT2D eigenvalue weighted by atomic mass is 16.5. The van der Waals surface area contributed by atoms with Crippen molar-refractivity contribution >= 4 is 11.7 Å². The average Bonchev–Trinajstić information content (AvgIpc) is 2.27. The van der Waals surface area contributed by atoms with Gasteiger partial charge >= 0.3 is 5.97 Å². The van der Waals surface area contributed by atoms with Gasteiger partial charge in [-0.25, -0.2) is 0 Å². The van der Waals surface area contributed by atoms with Gasteiger partial charge in [-0.05, 0) is 6.07 Å². The lowest BCUT2D eigenvalue weighted by Gasteiger charge is -2.19. The number of aliphatic carboxylic acids is 1. The third-order valence-corrected chi connectivity index (χ3v) is 2.32. The van der Waals surface area contributed by atoms with Crippen molar-refractivity contribution in [3.63, 3.8) is 0 Å². The standard InChI is InChI=1S/C11H15NO5/c1-17-9-4-6(12)2-3-7(9)11(16)8(13)5-10(14)15/h2-4,8,11,13,16H,5,12H2,1H3,(H,14,15). The molecule has 5 N–H and O–H groups in total. The summed E-state index contributed by atoms with van der Waals surface area (Å²) in [5.74, 6) is -0.882. The first kappa shape index (κ1) is 13.3. The summed E-state index contributed by atoms with van der Waals surface area (Å²) < 4.78 is 5.00. The number of hydrogen-bond acceptors (Lipinski definition) is 5. The number of rotatable bonds is 5. The zero-order valence-corrected chi connectivity index (χ0v) is 9.33. The first-order valence-corrected chi connectivity index (χ1v) is 4.97. The third kappa shape index (κ3) is 3.33. The normalized spacial score (nSPS) is 14.1. The highest BCUT2D eigenvalue weighted by Crippen LogP contribution is 2.30. The summed E-state index contributed by atoms with van der Waals surface area (Å²) in [6, 6.07) is 4.52. The van der Waals surface area contributed by atoms with Gasteiger partial charge in [-0.15, -0.1) is 0 Å². The number of hydrogen-bond donors (Lipinski definition) is 4. The number of carboxylic acid groups (broad SMARTS) is 1. The lowest BCUT2D eigenvalue weighted by molar-refractivity contribution is -0.141. The molecule has 0 fully saturated rings. The summed E-state index contributed by atoms with van der Waals surface area (Å²) in [6.07, 6.45) is -3.28. The van der Waals surface area contributed by atoms with Gasteiger partial charge < -0.3 is 25.8 Å². The van der Waals surface area contributed by atoms with Gasteiger partial charge in [-0.2, -0.15) is 0 Å². The Morgan fingerprint density at radius 3 is 2.65 bits per heavy atom. The molecular formula is C11H15NO5. The summed E-state index contributed by atoms with van der Waals surface area (Å²) in [5, 5.41) is 27.8. The molecule has 1 aromatic carbocycles. The minimum Gasteiger partial charge on any atom is -0.496 e. The van der Waals surface area contributed by atoms with Crippen LogP contribution in [0.2, 0.25) is 0 Å². The SMILES string of the molecule is COc1cc(N)ccc1C(O)C(O)CC(=O)O. The fraction of sp³-hybridized carbons (Fsp3) is 0.364. The molecule has 0 bridgehead atoms. The summed E-state index contributed by atoms with van der Waals surface area (Å²) in [6.45, 7) is 0. The Balaban J connectivity index is 2.94. The fourth-order valence-electron chi connectivity index (χ4n) is 1.47. The van der Waals surface area contributed by atoms with E-state index in [-0.39, 0.29) is 0 Å². The number of carbonyl (C=O) groups is 1. The second-order valence-electron chi connectivity index (χ2n) is 3.61. The van der Waals surface area contributed by atoms with E-state index in [1.807, 2.05) is 0 Å². The van der Waals surface area contributed by atoms with Crippen molar-refractivity contribution in [1.82, 2.24) is 0 Å². The molecule has 0 heterocycles. The Morgan fingerprint density at radius 1 is 1.47 bits per heavy atom. The molecule has 0 spiro atoms. The molecule has 0 saturated carbocycles. The van der Waals surface area contributed by atoms with E-state index in [9.17, 15) is 15.0 Å². The Bertz CT molecular complexity index is 407. The Morgan fingerprint density at radius 2 is 2.12 bits per heavy atom. The highest BCUT2D eigenvalue weighted by Gasteiger charge is 2.23. The molecule has 0 aromatic heterocycles. The molecule has 1 rings (SSSR count). The van der Waals surface area contributed by atoms with E-state index in [0.717, 1.165) is 0 Å². The van der Waals surface area contributed by atoms with Gasteiger partial charge in [-0.1, -0.05) is 6.07 Å². The van der Waals surface area contributed by atoms with Crippen LogP contribution in [0.4, 0.5) is 5.69 Å². The maximum absolute atomic E-state index is 10.4. The average molecular weight is 241 g/mol. The molecule has 2 unspecified atom stereocenters. The van der Waals surface area contributed by atoms with Crippen molar-refractivity contribution in [2.45, 2.75) is 18.6 Å². The van der Waals surface area contributed by atoms with Gasteiger partial charge in [0.15, 0.2) is 0 Å². The lowest BCUT2D eigenvalue weighted by Crippen LogP contribution is -2.22. The molecule has 94 valence electrons. The smallest absolute Gasteiger partial charge is 0.306 e. The van der Waals surface area contributed by atoms with E-state index in [1.54, 1.807) is 0 Å². The van der Waals surface area contributed by atoms with E-state index < -0.39 is 24.6 Å². The molecule has 17 heavy (non-hydrogen) atoms. The van der Waals surface area contributed by atoms with Crippen LogP contribution in [0.3, 0.4) is 0 Å². The predicted molar refractivity (Wildman–Crippen MR) is 60.6 cm³/mol. The van der Waals surface area contributed by atoms with Crippen LogP contribution in [-0.2, 0) is 4.79 Å². The third-order valence-electron chi connectivity index (χ3n) is 2.32. The van der Waals surface area contributed by atoms with E-state index in [0.29, 0.717) is 17.0 Å². The van der Waals surface area contributed by atoms with Gasteiger partial charge in [0.2, 0.25) is 0 Å². The maximum Gasteiger partial charge on any atom is 0.306 e. The molecule has 1 aromatic rings. The number of aliphatic hydroxyl groups excluding tert-OH is 2. The van der Waals surface area contributed by atoms with Crippen molar-refractivity contribution < 1.29 is 24.9 Å². The largest absolute Gasteiger partial charge is 0.496 e. The van der Waals surface area contributed by atoms with Crippen LogP contribution in [0.1, 0.15) is 18.1 Å². The minimum absolute atomic E-state index is 0.301. The molecule has 2 atom stereocenters. The van der Waals surface area contributed by atoms with Crippen molar-refractivity contribution in [3.05, 3.63) is 23.8 Å². The number of anilines is 1. The van der Waals surface area contributed by atoms with Crippen molar-refractivity contribution in [3.8, 4) is 5.75 Å². The van der Waals surface area contributed by atoms with Crippen LogP contribution in [-0.4, -0.2) is 34.5 Å². The molecule has 0 saturated heterocycles. The maximum atomic E-state index is 10.4. The van der Waals surface area contributed by atoms with Gasteiger partial charge in [-0.3, -0.25) is 4.79 Å². The van der Waals surface area contributed by atoms with E-state index in [4.69, 9.17) is 15.6 Å². The topological polar surface area (TPSA) is 113 Å². The minimum atomic E-state index is -1.40. The Kier molecular flexibility index (Phi) is 4.30. The predicted octanol–water partition coefficient (Wildman–Crippen LogP) is 0.146. The summed E-state index contributed by atoms with van der Waals surface area (Å²) in [4.78, 5) is 10.4. The number of ether oxygens (including phenoxy) is 1. The number of benzene rings is 1. The zero-order valence-electron chi connectivity index (χ0n) is 9.33. The molecule has 6 nitrogen and oxygen atoms in total. The first-order chi connectivity index (χ1) is 7.95. The molecule has 0 radical (unpaired) electrons. The first-order valence-electron chi connectivity index (χ1n) is 4.97. The Hall–Kier alpha value is -1.79. The van der Waals surface area contributed by atoms with Crippen LogP contribution in [0.5, 0.6) is 5.75 Å². The van der Waals surface area contributed by atoms with Crippen molar-refractivity contribution in [2.24, 2.45) is 0 Å². The van der Waals surface area contributed by atoms with Crippen LogP contribution in [0.25, 0.3) is 0 Å². The van der Waals surface area contributed by atoms with Gasteiger partial charge in [0, 0.05) is 17.3 Å². The van der Waals surface area contributed by atoms with E-state index >= 15 is 0 Å². The summed E-state index contributed by atoms with van der Waals surface area (Å²) >= 11 is 0. The van der Waals surface area contributed by atoms with E-state index in [2.05, 4.69) is 0 Å². The number of carboxylic acids is 1. The van der Waals surface area contributed by atoms with Crippen LogP contribution >= 0.6 is 0 Å². The van der Waals surface area contributed by atoms with Crippen molar-refractivity contribution in [1.29, 1.82) is 0 Å². The monoisotopic (exact) mass is 241 g/mol. The molecule has 0 aliphatic heterocycles. The fourth-order valence-corrected chi connectivity index (χ4v) is 1.47. The highest BCUT2D eigenvalue weighted by molar-refractivity contribution is 5.67. The van der Waals surface area contributed by atoms with Crippen LogP contribution in [0.15, 0.2) is 18.2 Å². The molecular weight excluding hydrogens is 226 g/mol. The van der Waals surface area contributed by atoms with Crippen LogP contribution in [0, 0.1) is 0 Å². The summed E-state index contributed by atoms with van der Waals surface area (Å²) in [7, 11) is 1.40. The van der Waals surface area contributed by atoms with Gasteiger partial charge in [0.1, 0.15) is 11.9 Å². The Labute approximate surface area is 98.3 Å². The second-order valence-corrected chi connectivity index (χ2v) is 3.61. The number of nitrogen functional groups attached to an aromatic ring is 1. The molecule has 0 aliphatic carbocycles. The number of methoxy groups -OCH3 is 1. The van der Waals surface area contributed by atoms with Gasteiger partial charge in [0.05, 0.1) is 19.6 Å². The summed E-state index contributed by atoms with van der Waals surface area (Å²) in [5.41, 5.74) is 6.29. The van der Waals surface area contributed by atoms with Gasteiger partial charge in [0.25, 0.3) is 0 Å². The number of nitrogens with two attached hydrogens (primary N) is 1. The van der Waals surface area contributed by atoms with Crippen molar-refractivity contribution in [2.75, 3.05) is 12.8 Å². The molecule has 6 heteroatoms. The van der Waals surface area contributed by atoms with Crippen LogP contribution < -0.4 is 10.5 Å². The number of aliphatic hydroxyl groups is 2.